The fraction of sp³-hybridized carbons (Fsp3) is 0.733. The second-order valence-electron chi connectivity index (χ2n) is 6.20. The molecule has 1 unspecified atom stereocenters. The Morgan fingerprint density at radius 3 is 2.19 bits per heavy atom. The number of aromatic nitrogens is 2. The zero-order valence-corrected chi connectivity index (χ0v) is 14.6. The van der Waals surface area contributed by atoms with Crippen LogP contribution >= 0.6 is 0 Å². The van der Waals surface area contributed by atoms with Gasteiger partial charge in [0.15, 0.2) is 0 Å². The quantitative estimate of drug-likeness (QED) is 0.723. The maximum absolute atomic E-state index is 11.1. The highest BCUT2D eigenvalue weighted by molar-refractivity contribution is 7.84. The van der Waals surface area contributed by atoms with Crippen LogP contribution in [0, 0.1) is 0 Å². The molecule has 120 valence electrons. The Balaban J connectivity index is 2.78. The third-order valence-electron chi connectivity index (χ3n) is 2.87. The average molecular weight is 312 g/mol. The van der Waals surface area contributed by atoms with Gasteiger partial charge in [-0.3, -0.25) is 4.21 Å². The lowest BCUT2D eigenvalue weighted by molar-refractivity contribution is 0.546. The Hall–Kier alpha value is -1.17. The van der Waals surface area contributed by atoms with Crippen molar-refractivity contribution in [2.24, 2.45) is 0 Å². The van der Waals surface area contributed by atoms with E-state index in [9.17, 15) is 4.21 Å². The van der Waals surface area contributed by atoms with Gasteiger partial charge in [-0.25, -0.2) is 9.97 Å². The summed E-state index contributed by atoms with van der Waals surface area (Å²) in [6.07, 6.45) is 3.66. The molecule has 1 aromatic rings. The summed E-state index contributed by atoms with van der Waals surface area (Å²) < 4.78 is 11.1. The summed E-state index contributed by atoms with van der Waals surface area (Å²) in [6.45, 7) is 10.1. The second-order valence-corrected chi connectivity index (χ2v) is 7.75. The van der Waals surface area contributed by atoms with E-state index in [-0.39, 0.29) is 5.41 Å². The Morgan fingerprint density at radius 2 is 1.71 bits per heavy atom. The molecule has 0 aromatic carbocycles. The van der Waals surface area contributed by atoms with Gasteiger partial charge in [0.1, 0.15) is 17.5 Å². The van der Waals surface area contributed by atoms with E-state index in [1.807, 2.05) is 6.07 Å². The Morgan fingerprint density at radius 1 is 1.14 bits per heavy atom. The van der Waals surface area contributed by atoms with Crippen LogP contribution in [0.3, 0.4) is 0 Å². The third-order valence-corrected chi connectivity index (χ3v) is 3.73. The maximum Gasteiger partial charge on any atom is 0.138 e. The van der Waals surface area contributed by atoms with Gasteiger partial charge < -0.3 is 10.6 Å². The Labute approximate surface area is 130 Å². The summed E-state index contributed by atoms with van der Waals surface area (Å²) in [5.41, 5.74) is -0.0920. The number of rotatable bonds is 8. The zero-order valence-electron chi connectivity index (χ0n) is 13.8. The second kappa shape index (κ2) is 8.32. The van der Waals surface area contributed by atoms with Gasteiger partial charge in [-0.05, 0) is 12.8 Å². The predicted molar refractivity (Wildman–Crippen MR) is 91.6 cm³/mol. The molecule has 2 N–H and O–H groups in total. The van der Waals surface area contributed by atoms with Crippen molar-refractivity contribution in [3.05, 3.63) is 11.9 Å². The van der Waals surface area contributed by atoms with Gasteiger partial charge in [0, 0.05) is 47.4 Å². The SMILES string of the molecule is CCCNc1cc(NCCCS(C)=O)nc(C(C)(C)C)n1. The first kappa shape index (κ1) is 17.9. The summed E-state index contributed by atoms with van der Waals surface area (Å²) in [5, 5.41) is 6.62. The lowest BCUT2D eigenvalue weighted by Gasteiger charge is -2.19. The van der Waals surface area contributed by atoms with Gasteiger partial charge in [0.25, 0.3) is 0 Å². The molecule has 1 aromatic heterocycles. The van der Waals surface area contributed by atoms with Gasteiger partial charge in [0.05, 0.1) is 0 Å². The number of nitrogens with zero attached hydrogens (tertiary/aromatic N) is 2. The molecule has 0 aliphatic rings. The Kier molecular flexibility index (Phi) is 7.08. The first-order valence-corrected chi connectivity index (χ1v) is 9.23. The van der Waals surface area contributed by atoms with Crippen molar-refractivity contribution in [2.45, 2.75) is 46.0 Å². The van der Waals surface area contributed by atoms with E-state index >= 15 is 0 Å². The maximum atomic E-state index is 11.1. The fourth-order valence-corrected chi connectivity index (χ4v) is 2.26. The lowest BCUT2D eigenvalue weighted by Crippen LogP contribution is -2.19. The van der Waals surface area contributed by atoms with Crippen LogP contribution in [-0.4, -0.2) is 39.3 Å². The number of anilines is 2. The number of hydrogen-bond acceptors (Lipinski definition) is 5. The van der Waals surface area contributed by atoms with Gasteiger partial charge in [-0.15, -0.1) is 0 Å². The molecule has 0 spiro atoms. The van der Waals surface area contributed by atoms with E-state index in [2.05, 4.69) is 48.3 Å². The smallest absolute Gasteiger partial charge is 0.138 e. The molecule has 21 heavy (non-hydrogen) atoms. The molecule has 0 fully saturated rings. The van der Waals surface area contributed by atoms with Crippen molar-refractivity contribution >= 4 is 22.4 Å². The molecule has 6 heteroatoms. The van der Waals surface area contributed by atoms with Crippen LogP contribution < -0.4 is 10.6 Å². The standard InChI is InChI=1S/C15H28N4OS/c1-6-8-16-12-11-13(17-9-7-10-21(5)20)19-14(18-12)15(2,3)4/h11H,6-10H2,1-5H3,(H2,16,17,18,19). The lowest BCUT2D eigenvalue weighted by atomic mass is 9.96. The van der Waals surface area contributed by atoms with E-state index in [0.717, 1.165) is 43.4 Å². The van der Waals surface area contributed by atoms with Crippen molar-refractivity contribution < 1.29 is 4.21 Å². The molecular weight excluding hydrogens is 284 g/mol. The van der Waals surface area contributed by atoms with Crippen LogP contribution in [-0.2, 0) is 16.2 Å². The highest BCUT2D eigenvalue weighted by Crippen LogP contribution is 2.22. The van der Waals surface area contributed by atoms with Gasteiger partial charge in [-0.2, -0.15) is 0 Å². The largest absolute Gasteiger partial charge is 0.370 e. The van der Waals surface area contributed by atoms with Crippen molar-refractivity contribution in [2.75, 3.05) is 35.7 Å². The molecule has 0 saturated carbocycles. The van der Waals surface area contributed by atoms with Gasteiger partial charge >= 0.3 is 0 Å². The molecule has 0 bridgehead atoms. The van der Waals surface area contributed by atoms with Crippen LogP contribution in [0.2, 0.25) is 0 Å². The fourth-order valence-electron chi connectivity index (χ4n) is 1.71. The molecule has 0 aliphatic carbocycles. The van der Waals surface area contributed by atoms with Crippen molar-refractivity contribution in [3.63, 3.8) is 0 Å². The summed E-state index contributed by atoms with van der Waals surface area (Å²) in [7, 11) is -0.736. The van der Waals surface area contributed by atoms with Gasteiger partial charge in [-0.1, -0.05) is 27.7 Å². The molecule has 5 nitrogen and oxygen atoms in total. The summed E-state index contributed by atoms with van der Waals surface area (Å²) in [4.78, 5) is 9.18. The van der Waals surface area contributed by atoms with Crippen molar-refractivity contribution in [1.82, 2.24) is 9.97 Å². The van der Waals surface area contributed by atoms with E-state index in [4.69, 9.17) is 0 Å². The normalized spacial score (nSPS) is 13.0. The van der Waals surface area contributed by atoms with Crippen LogP contribution in [0.15, 0.2) is 6.07 Å². The predicted octanol–water partition coefficient (Wildman–Crippen LogP) is 2.78. The summed E-state index contributed by atoms with van der Waals surface area (Å²) >= 11 is 0. The van der Waals surface area contributed by atoms with E-state index in [1.54, 1.807) is 6.26 Å². The molecule has 0 amide bonds. The topological polar surface area (TPSA) is 66.9 Å². The minimum absolute atomic E-state index is 0.0920. The van der Waals surface area contributed by atoms with Crippen LogP contribution in [0.4, 0.5) is 11.6 Å². The first-order valence-electron chi connectivity index (χ1n) is 7.50. The Bertz CT molecular complexity index is 471. The molecule has 0 radical (unpaired) electrons. The molecular formula is C15H28N4OS. The molecule has 0 aliphatic heterocycles. The van der Waals surface area contributed by atoms with Gasteiger partial charge in [0.2, 0.25) is 0 Å². The highest BCUT2D eigenvalue weighted by Gasteiger charge is 2.19. The number of nitrogens with one attached hydrogen (secondary N) is 2. The monoisotopic (exact) mass is 312 g/mol. The summed E-state index contributed by atoms with van der Waals surface area (Å²) in [6, 6.07) is 1.94. The zero-order chi connectivity index (χ0) is 15.9. The van der Waals surface area contributed by atoms with Crippen molar-refractivity contribution in [3.8, 4) is 0 Å². The van der Waals surface area contributed by atoms with Crippen LogP contribution in [0.5, 0.6) is 0 Å². The van der Waals surface area contributed by atoms with Crippen LogP contribution in [0.25, 0.3) is 0 Å². The van der Waals surface area contributed by atoms with Crippen molar-refractivity contribution in [1.29, 1.82) is 0 Å². The minimum Gasteiger partial charge on any atom is -0.370 e. The highest BCUT2D eigenvalue weighted by atomic mass is 32.2. The molecule has 1 heterocycles. The van der Waals surface area contributed by atoms with E-state index < -0.39 is 10.8 Å². The summed E-state index contributed by atoms with van der Waals surface area (Å²) in [5.74, 6) is 3.23. The minimum atomic E-state index is -0.736. The van der Waals surface area contributed by atoms with Crippen LogP contribution in [0.1, 0.15) is 46.4 Å². The van der Waals surface area contributed by atoms with E-state index in [0.29, 0.717) is 5.75 Å². The average Bonchev–Trinajstić information content (AvgIpc) is 2.40. The van der Waals surface area contributed by atoms with E-state index in [1.165, 1.54) is 0 Å². The molecule has 0 saturated heterocycles. The number of hydrogen-bond donors (Lipinski definition) is 2. The molecule has 1 atom stereocenters. The third kappa shape index (κ3) is 6.89. The molecule has 1 rings (SSSR count). The first-order chi connectivity index (χ1) is 9.82.